The van der Waals surface area contributed by atoms with E-state index in [1.807, 2.05) is 49.4 Å². The number of nitrogens with two attached hydrogens (primary N) is 1. The lowest BCUT2D eigenvalue weighted by Gasteiger charge is -2.12. The van der Waals surface area contributed by atoms with Crippen LogP contribution in [0.15, 0.2) is 65.1 Å². The van der Waals surface area contributed by atoms with E-state index in [0.717, 1.165) is 39.0 Å². The number of carbonyl (C=O) groups is 1. The zero-order valence-corrected chi connectivity index (χ0v) is 19.1. The number of carboxylic acid groups (broad SMARTS) is 1. The molecule has 0 saturated heterocycles. The zero-order chi connectivity index (χ0) is 24.2. The van der Waals surface area contributed by atoms with Crippen molar-refractivity contribution in [1.29, 1.82) is 0 Å². The van der Waals surface area contributed by atoms with Crippen LogP contribution in [0.3, 0.4) is 0 Å². The van der Waals surface area contributed by atoms with Gasteiger partial charge >= 0.3 is 5.97 Å². The van der Waals surface area contributed by atoms with Crippen molar-refractivity contribution in [2.24, 2.45) is 5.73 Å². The van der Waals surface area contributed by atoms with Crippen LogP contribution in [0.2, 0.25) is 0 Å². The third-order valence-electron chi connectivity index (χ3n) is 5.83. The number of hydrogen-bond donors (Lipinski definition) is 3. The smallest absolute Gasteiger partial charge is 0.307 e. The minimum absolute atomic E-state index is 0.126. The number of carboxylic acids is 1. The number of aryl methyl sites for hydroxylation is 1. The summed E-state index contributed by atoms with van der Waals surface area (Å²) in [6.07, 6.45) is -0.152. The highest BCUT2D eigenvalue weighted by molar-refractivity contribution is 5.87. The van der Waals surface area contributed by atoms with Crippen LogP contribution in [0.5, 0.6) is 11.5 Å². The number of furan rings is 1. The molecule has 0 spiro atoms. The molecular formula is C27H27NO6. The normalized spacial score (nSPS) is 12.0. The summed E-state index contributed by atoms with van der Waals surface area (Å²) in [5.74, 6) is 0.831. The lowest BCUT2D eigenvalue weighted by molar-refractivity contribution is -0.136. The molecule has 0 bridgehead atoms. The first-order valence-electron chi connectivity index (χ1n) is 10.9. The van der Waals surface area contributed by atoms with E-state index in [1.165, 1.54) is 0 Å². The van der Waals surface area contributed by atoms with E-state index in [2.05, 4.69) is 0 Å². The lowest BCUT2D eigenvalue weighted by Crippen LogP contribution is -2.14. The summed E-state index contributed by atoms with van der Waals surface area (Å²) in [6.45, 7) is 1.96. The van der Waals surface area contributed by atoms with Gasteiger partial charge in [0.1, 0.15) is 29.4 Å². The number of benzene rings is 3. The summed E-state index contributed by atoms with van der Waals surface area (Å²) in [4.78, 5) is 11.3. The molecule has 0 fully saturated rings. The molecule has 176 valence electrons. The van der Waals surface area contributed by atoms with E-state index in [9.17, 15) is 15.0 Å². The van der Waals surface area contributed by atoms with Gasteiger partial charge in [-0.25, -0.2) is 0 Å². The third kappa shape index (κ3) is 4.90. The van der Waals surface area contributed by atoms with Gasteiger partial charge in [0.25, 0.3) is 0 Å². The summed E-state index contributed by atoms with van der Waals surface area (Å²) in [6, 6.07) is 18.4. The Morgan fingerprint density at radius 2 is 1.88 bits per heavy atom. The predicted octanol–water partition coefficient (Wildman–Crippen LogP) is 4.62. The van der Waals surface area contributed by atoms with Crippen molar-refractivity contribution in [3.63, 3.8) is 0 Å². The van der Waals surface area contributed by atoms with E-state index < -0.39 is 12.0 Å². The maximum absolute atomic E-state index is 11.3. The number of ether oxygens (including phenoxy) is 2. The lowest BCUT2D eigenvalue weighted by atomic mass is 9.98. The predicted molar refractivity (Wildman–Crippen MR) is 129 cm³/mol. The van der Waals surface area contributed by atoms with Gasteiger partial charge in [0.05, 0.1) is 26.2 Å². The van der Waals surface area contributed by atoms with Crippen molar-refractivity contribution in [1.82, 2.24) is 0 Å². The number of rotatable bonds is 9. The van der Waals surface area contributed by atoms with Crippen molar-refractivity contribution in [3.8, 4) is 22.6 Å². The minimum atomic E-state index is -0.937. The van der Waals surface area contributed by atoms with Gasteiger partial charge in [-0.05, 0) is 47.9 Å². The van der Waals surface area contributed by atoms with E-state index in [0.29, 0.717) is 17.1 Å². The number of hydrogen-bond acceptors (Lipinski definition) is 6. The summed E-state index contributed by atoms with van der Waals surface area (Å²) < 4.78 is 17.3. The monoisotopic (exact) mass is 461 g/mol. The number of fused-ring (bicyclic) bond motifs is 1. The van der Waals surface area contributed by atoms with Crippen molar-refractivity contribution < 1.29 is 28.9 Å². The molecule has 0 amide bonds. The molecule has 1 aromatic heterocycles. The van der Waals surface area contributed by atoms with Gasteiger partial charge in [0, 0.05) is 22.6 Å². The Hall–Kier alpha value is -3.81. The molecular weight excluding hydrogens is 434 g/mol. The fourth-order valence-electron chi connectivity index (χ4n) is 3.94. The van der Waals surface area contributed by atoms with Gasteiger partial charge in [-0.2, -0.15) is 0 Å². The van der Waals surface area contributed by atoms with Crippen LogP contribution in [0.4, 0.5) is 0 Å². The molecule has 0 unspecified atom stereocenters. The van der Waals surface area contributed by atoms with Crippen LogP contribution in [-0.4, -0.2) is 29.9 Å². The highest BCUT2D eigenvalue weighted by atomic mass is 16.5. The highest BCUT2D eigenvalue weighted by Crippen LogP contribution is 2.33. The number of aliphatic hydroxyl groups excluding tert-OH is 1. The molecule has 0 radical (unpaired) electrons. The van der Waals surface area contributed by atoms with Gasteiger partial charge in [0.2, 0.25) is 0 Å². The molecule has 3 aromatic carbocycles. The van der Waals surface area contributed by atoms with Crippen molar-refractivity contribution in [3.05, 3.63) is 83.1 Å². The molecule has 4 rings (SSSR count). The van der Waals surface area contributed by atoms with Crippen LogP contribution in [-0.2, 0) is 17.8 Å². The van der Waals surface area contributed by atoms with Crippen molar-refractivity contribution >= 4 is 16.9 Å². The van der Waals surface area contributed by atoms with Gasteiger partial charge in [-0.3, -0.25) is 4.79 Å². The molecule has 34 heavy (non-hydrogen) atoms. The molecule has 7 nitrogen and oxygen atoms in total. The van der Waals surface area contributed by atoms with Crippen molar-refractivity contribution in [2.75, 3.05) is 13.7 Å². The van der Waals surface area contributed by atoms with Crippen LogP contribution < -0.4 is 15.2 Å². The highest BCUT2D eigenvalue weighted by Gasteiger charge is 2.16. The first-order valence-corrected chi connectivity index (χ1v) is 10.9. The second kappa shape index (κ2) is 9.99. The van der Waals surface area contributed by atoms with Gasteiger partial charge < -0.3 is 29.8 Å². The molecule has 0 aliphatic rings. The van der Waals surface area contributed by atoms with Crippen LogP contribution in [0.25, 0.3) is 22.1 Å². The summed E-state index contributed by atoms with van der Waals surface area (Å²) >= 11 is 0. The third-order valence-corrected chi connectivity index (χ3v) is 5.83. The Morgan fingerprint density at radius 1 is 1.09 bits per heavy atom. The first-order chi connectivity index (χ1) is 16.4. The molecule has 1 atom stereocenters. The Kier molecular flexibility index (Phi) is 6.86. The summed E-state index contributed by atoms with van der Waals surface area (Å²) in [7, 11) is 1.55. The second-order valence-corrected chi connectivity index (χ2v) is 8.10. The quantitative estimate of drug-likeness (QED) is 0.333. The van der Waals surface area contributed by atoms with E-state index in [4.69, 9.17) is 19.6 Å². The van der Waals surface area contributed by atoms with Gasteiger partial charge in [-0.1, -0.05) is 30.3 Å². The molecule has 0 aliphatic carbocycles. The maximum Gasteiger partial charge on any atom is 0.307 e. The van der Waals surface area contributed by atoms with Gasteiger partial charge in [-0.15, -0.1) is 0 Å². The number of aliphatic hydroxyl groups is 1. The summed E-state index contributed by atoms with van der Waals surface area (Å²) in [5.41, 5.74) is 11.0. The Balaban J connectivity index is 1.67. The summed E-state index contributed by atoms with van der Waals surface area (Å²) in [5, 5.41) is 19.5. The molecule has 1 heterocycles. The Bertz CT molecular complexity index is 1330. The fraction of sp³-hybridized carbons (Fsp3) is 0.222. The van der Waals surface area contributed by atoms with Crippen LogP contribution in [0, 0.1) is 6.92 Å². The largest absolute Gasteiger partial charge is 0.497 e. The van der Waals surface area contributed by atoms with E-state index in [-0.39, 0.29) is 19.6 Å². The average Bonchev–Trinajstić information content (AvgIpc) is 3.16. The minimum Gasteiger partial charge on any atom is -0.497 e. The van der Waals surface area contributed by atoms with Crippen LogP contribution >= 0.6 is 0 Å². The average molecular weight is 462 g/mol. The van der Waals surface area contributed by atoms with E-state index in [1.54, 1.807) is 25.3 Å². The molecule has 4 aromatic rings. The Morgan fingerprint density at radius 3 is 2.62 bits per heavy atom. The SMILES string of the molecule is COc1ccc(CC(=O)O)c(OCc2c(C)oc3ccc(-c4cccc([C@H](N)CO)c4)cc23)c1. The van der Waals surface area contributed by atoms with E-state index >= 15 is 0 Å². The van der Waals surface area contributed by atoms with Crippen LogP contribution in [0.1, 0.15) is 28.5 Å². The number of methoxy groups -OCH3 is 1. The van der Waals surface area contributed by atoms with Crippen molar-refractivity contribution in [2.45, 2.75) is 26.0 Å². The molecule has 7 heteroatoms. The molecule has 0 aliphatic heterocycles. The maximum atomic E-state index is 11.3. The second-order valence-electron chi connectivity index (χ2n) is 8.10. The zero-order valence-electron chi connectivity index (χ0n) is 19.1. The number of aliphatic carboxylic acids is 1. The topological polar surface area (TPSA) is 115 Å². The molecule has 4 N–H and O–H groups in total. The van der Waals surface area contributed by atoms with Gasteiger partial charge in [0.15, 0.2) is 0 Å². The standard InChI is InChI=1S/C27H27NO6/c1-16-23(15-33-26-13-21(32-2)8-6-20(26)12-27(30)31)22-11-18(7-9-25(22)34-16)17-4-3-5-19(10-17)24(28)14-29/h3-11,13,24,29H,12,14-15,28H2,1-2H3,(H,30,31)/t24-/m1/s1. The molecule has 0 saturated carbocycles. The fourth-order valence-corrected chi connectivity index (χ4v) is 3.94. The first kappa shape index (κ1) is 23.4. The Labute approximate surface area is 197 Å².